The lowest BCUT2D eigenvalue weighted by molar-refractivity contribution is 0.404. The average molecular weight is 241 g/mol. The molecule has 0 fully saturated rings. The average Bonchev–Trinajstić information content (AvgIpc) is 2.25. The van der Waals surface area contributed by atoms with Crippen molar-refractivity contribution in [3.8, 4) is 5.75 Å². The molecule has 0 amide bonds. The Morgan fingerprint density at radius 3 is 2.69 bits per heavy atom. The first-order valence-corrected chi connectivity index (χ1v) is 6.93. The highest BCUT2D eigenvalue weighted by Crippen LogP contribution is 2.26. The van der Waals surface area contributed by atoms with Crippen LogP contribution in [0.2, 0.25) is 0 Å². The minimum absolute atomic E-state index is 0.0701. The van der Waals surface area contributed by atoms with E-state index in [-0.39, 0.29) is 6.04 Å². The molecule has 1 rings (SSSR count). The number of rotatable bonds is 5. The molecule has 16 heavy (non-hydrogen) atoms. The number of aryl methyl sites for hydroxylation is 1. The van der Waals surface area contributed by atoms with Crippen LogP contribution in [-0.2, 0) is 10.8 Å². The molecule has 0 radical (unpaired) electrons. The van der Waals surface area contributed by atoms with E-state index >= 15 is 0 Å². The highest BCUT2D eigenvalue weighted by molar-refractivity contribution is 7.84. The number of nitrogens with one attached hydrogen (secondary N) is 1. The summed E-state index contributed by atoms with van der Waals surface area (Å²) < 4.78 is 16.6. The van der Waals surface area contributed by atoms with Gasteiger partial charge in [-0.2, -0.15) is 0 Å². The van der Waals surface area contributed by atoms with Crippen LogP contribution in [-0.4, -0.2) is 30.4 Å². The van der Waals surface area contributed by atoms with E-state index in [9.17, 15) is 4.21 Å². The summed E-state index contributed by atoms with van der Waals surface area (Å²) in [5.74, 6) is 1.44. The molecule has 0 saturated carbocycles. The topological polar surface area (TPSA) is 38.3 Å². The molecule has 0 spiro atoms. The van der Waals surface area contributed by atoms with E-state index in [1.807, 2.05) is 26.1 Å². The predicted molar refractivity (Wildman–Crippen MR) is 68.5 cm³/mol. The lowest BCUT2D eigenvalue weighted by Crippen LogP contribution is -2.23. The molecule has 0 aromatic heterocycles. The Morgan fingerprint density at radius 2 is 2.19 bits per heavy atom. The molecule has 90 valence electrons. The third-order valence-corrected chi connectivity index (χ3v) is 3.31. The highest BCUT2D eigenvalue weighted by Gasteiger charge is 2.15. The van der Waals surface area contributed by atoms with Gasteiger partial charge in [0, 0.05) is 34.4 Å². The Kier molecular flexibility index (Phi) is 4.96. The van der Waals surface area contributed by atoms with Crippen LogP contribution in [0, 0.1) is 6.92 Å². The first kappa shape index (κ1) is 13.2. The first-order valence-electron chi connectivity index (χ1n) is 5.20. The van der Waals surface area contributed by atoms with Gasteiger partial charge in [0.15, 0.2) is 0 Å². The standard InChI is InChI=1S/C12H19NO2S/c1-9-5-6-12(15-3)10(7-9)11(13-2)8-16(4)14/h5-7,11,13H,8H2,1-4H3. The second-order valence-corrected chi connectivity index (χ2v) is 5.31. The maximum absolute atomic E-state index is 11.3. The van der Waals surface area contributed by atoms with Gasteiger partial charge in [-0.3, -0.25) is 4.21 Å². The fourth-order valence-corrected chi connectivity index (χ4v) is 2.51. The summed E-state index contributed by atoms with van der Waals surface area (Å²) in [5.41, 5.74) is 2.25. The molecule has 1 aromatic carbocycles. The Hall–Kier alpha value is -0.870. The van der Waals surface area contributed by atoms with E-state index in [2.05, 4.69) is 11.4 Å². The minimum atomic E-state index is -0.831. The third kappa shape index (κ3) is 3.32. The van der Waals surface area contributed by atoms with Crippen LogP contribution in [0.1, 0.15) is 17.2 Å². The van der Waals surface area contributed by atoms with Gasteiger partial charge in [0.05, 0.1) is 7.11 Å². The zero-order valence-corrected chi connectivity index (χ0v) is 11.1. The zero-order valence-electron chi connectivity index (χ0n) is 10.2. The lowest BCUT2D eigenvalue weighted by atomic mass is 10.0. The summed E-state index contributed by atoms with van der Waals surface area (Å²) in [4.78, 5) is 0. The summed E-state index contributed by atoms with van der Waals surface area (Å²) in [5, 5.41) is 3.18. The fraction of sp³-hybridized carbons (Fsp3) is 0.500. The predicted octanol–water partition coefficient (Wildman–Crippen LogP) is 1.64. The van der Waals surface area contributed by atoms with E-state index in [0.29, 0.717) is 5.75 Å². The SMILES string of the molecule is CNC(CS(C)=O)c1cc(C)ccc1OC. The van der Waals surface area contributed by atoms with Gasteiger partial charge < -0.3 is 10.1 Å². The second kappa shape index (κ2) is 6.01. The van der Waals surface area contributed by atoms with Gasteiger partial charge in [-0.15, -0.1) is 0 Å². The normalized spacial score (nSPS) is 14.5. The van der Waals surface area contributed by atoms with Crippen molar-refractivity contribution in [1.82, 2.24) is 5.32 Å². The monoisotopic (exact) mass is 241 g/mol. The van der Waals surface area contributed by atoms with Crippen molar-refractivity contribution in [2.75, 3.05) is 26.2 Å². The lowest BCUT2D eigenvalue weighted by Gasteiger charge is -2.18. The highest BCUT2D eigenvalue weighted by atomic mass is 32.2. The number of benzene rings is 1. The number of ether oxygens (including phenoxy) is 1. The number of hydrogen-bond acceptors (Lipinski definition) is 3. The van der Waals surface area contributed by atoms with Crippen molar-refractivity contribution >= 4 is 10.8 Å². The molecule has 2 unspecified atom stereocenters. The summed E-state index contributed by atoms with van der Waals surface area (Å²) >= 11 is 0. The van der Waals surface area contributed by atoms with Crippen molar-refractivity contribution in [3.05, 3.63) is 29.3 Å². The van der Waals surface area contributed by atoms with Crippen LogP contribution in [0.3, 0.4) is 0 Å². The summed E-state index contributed by atoms with van der Waals surface area (Å²) in [6.07, 6.45) is 1.71. The summed E-state index contributed by atoms with van der Waals surface area (Å²) in [7, 11) is 2.70. The van der Waals surface area contributed by atoms with Gasteiger partial charge >= 0.3 is 0 Å². The molecule has 0 heterocycles. The van der Waals surface area contributed by atoms with Crippen LogP contribution in [0.4, 0.5) is 0 Å². The van der Waals surface area contributed by atoms with Crippen LogP contribution in [0.15, 0.2) is 18.2 Å². The van der Waals surface area contributed by atoms with Crippen LogP contribution < -0.4 is 10.1 Å². The minimum Gasteiger partial charge on any atom is -0.496 e. The van der Waals surface area contributed by atoms with E-state index in [1.165, 1.54) is 5.56 Å². The first-order chi connectivity index (χ1) is 7.58. The maximum atomic E-state index is 11.3. The zero-order chi connectivity index (χ0) is 12.1. The summed E-state index contributed by atoms with van der Waals surface area (Å²) in [6.45, 7) is 2.04. The molecule has 2 atom stereocenters. The van der Waals surface area contributed by atoms with Crippen molar-refractivity contribution < 1.29 is 8.95 Å². The van der Waals surface area contributed by atoms with E-state index in [4.69, 9.17) is 4.74 Å². The number of hydrogen-bond donors (Lipinski definition) is 1. The Bertz CT molecular complexity index is 379. The van der Waals surface area contributed by atoms with Gasteiger partial charge in [0.25, 0.3) is 0 Å². The van der Waals surface area contributed by atoms with Gasteiger partial charge in [0.1, 0.15) is 5.75 Å². The largest absolute Gasteiger partial charge is 0.496 e. The molecular weight excluding hydrogens is 222 g/mol. The second-order valence-electron chi connectivity index (χ2n) is 3.83. The summed E-state index contributed by atoms with van der Waals surface area (Å²) in [6, 6.07) is 6.11. The fourth-order valence-electron chi connectivity index (χ4n) is 1.69. The molecule has 0 aliphatic rings. The molecular formula is C12H19NO2S. The Morgan fingerprint density at radius 1 is 1.50 bits per heavy atom. The number of methoxy groups -OCH3 is 1. The van der Waals surface area contributed by atoms with Crippen LogP contribution >= 0.6 is 0 Å². The van der Waals surface area contributed by atoms with E-state index in [0.717, 1.165) is 11.3 Å². The van der Waals surface area contributed by atoms with Gasteiger partial charge in [-0.1, -0.05) is 17.7 Å². The molecule has 0 aliphatic heterocycles. The van der Waals surface area contributed by atoms with Gasteiger partial charge in [0.2, 0.25) is 0 Å². The smallest absolute Gasteiger partial charge is 0.123 e. The molecule has 0 saturated heterocycles. The molecule has 0 aliphatic carbocycles. The Labute approximate surface area is 99.7 Å². The van der Waals surface area contributed by atoms with Crippen molar-refractivity contribution in [1.29, 1.82) is 0 Å². The van der Waals surface area contributed by atoms with E-state index < -0.39 is 10.8 Å². The molecule has 3 nitrogen and oxygen atoms in total. The molecule has 0 bridgehead atoms. The van der Waals surface area contributed by atoms with Gasteiger partial charge in [-0.05, 0) is 20.0 Å². The van der Waals surface area contributed by atoms with E-state index in [1.54, 1.807) is 13.4 Å². The maximum Gasteiger partial charge on any atom is 0.123 e. The van der Waals surface area contributed by atoms with Crippen molar-refractivity contribution in [3.63, 3.8) is 0 Å². The molecule has 1 aromatic rings. The van der Waals surface area contributed by atoms with Crippen LogP contribution in [0.5, 0.6) is 5.75 Å². The molecule has 1 N–H and O–H groups in total. The molecule has 4 heteroatoms. The van der Waals surface area contributed by atoms with Crippen molar-refractivity contribution in [2.24, 2.45) is 0 Å². The quantitative estimate of drug-likeness (QED) is 0.851. The Balaban J connectivity index is 3.06. The van der Waals surface area contributed by atoms with Crippen LogP contribution in [0.25, 0.3) is 0 Å². The van der Waals surface area contributed by atoms with Gasteiger partial charge in [-0.25, -0.2) is 0 Å². The third-order valence-electron chi connectivity index (χ3n) is 2.51. The van der Waals surface area contributed by atoms with Crippen molar-refractivity contribution in [2.45, 2.75) is 13.0 Å².